The van der Waals surface area contributed by atoms with Crippen LogP contribution < -0.4 is 4.74 Å². The van der Waals surface area contributed by atoms with Gasteiger partial charge in [-0.1, -0.05) is 18.2 Å². The minimum Gasteiger partial charge on any atom is -0.487 e. The molecule has 0 aliphatic rings. The lowest BCUT2D eigenvalue weighted by Crippen LogP contribution is -2.31. The number of ketones is 1. The van der Waals surface area contributed by atoms with Gasteiger partial charge in [-0.15, -0.1) is 0 Å². The quantitative estimate of drug-likeness (QED) is 0.777. The largest absolute Gasteiger partial charge is 0.487 e. The van der Waals surface area contributed by atoms with Crippen LogP contribution in [0.1, 0.15) is 38.3 Å². The minimum atomic E-state index is -0.442. The van der Waals surface area contributed by atoms with Gasteiger partial charge in [0.05, 0.1) is 0 Å². The van der Waals surface area contributed by atoms with Gasteiger partial charge in [0.1, 0.15) is 17.1 Å². The van der Waals surface area contributed by atoms with E-state index in [1.165, 1.54) is 0 Å². The molecule has 88 valence electrons. The van der Waals surface area contributed by atoms with E-state index >= 15 is 0 Å². The van der Waals surface area contributed by atoms with Crippen LogP contribution in [-0.4, -0.2) is 11.4 Å². The third kappa shape index (κ3) is 3.37. The van der Waals surface area contributed by atoms with Crippen molar-refractivity contribution in [1.82, 2.24) is 0 Å². The summed E-state index contributed by atoms with van der Waals surface area (Å²) < 4.78 is 5.95. The van der Waals surface area contributed by atoms with Crippen molar-refractivity contribution in [3.8, 4) is 5.75 Å². The summed E-state index contributed by atoms with van der Waals surface area (Å²) in [6.45, 7) is 9.52. The molecule has 0 N–H and O–H groups in total. The van der Waals surface area contributed by atoms with Crippen LogP contribution in [0.2, 0.25) is 0 Å². The fraction of sp³-hybridized carbons (Fsp3) is 0.500. The molecular formula is C14H20O2. The van der Waals surface area contributed by atoms with E-state index in [1.54, 1.807) is 6.92 Å². The molecule has 1 rings (SSSR count). The Kier molecular flexibility index (Phi) is 3.74. The lowest BCUT2D eigenvalue weighted by Gasteiger charge is -2.27. The van der Waals surface area contributed by atoms with Gasteiger partial charge in [0.15, 0.2) is 0 Å². The lowest BCUT2D eigenvalue weighted by molar-refractivity contribution is -0.120. The van der Waals surface area contributed by atoms with Crippen LogP contribution in [0.5, 0.6) is 5.75 Å². The topological polar surface area (TPSA) is 26.3 Å². The number of Topliss-reactive ketones (excluding diaryl/α,β-unsaturated/α-hetero) is 1. The number of carbonyl (C=O) groups is 1. The first-order chi connectivity index (χ1) is 7.32. The number of ether oxygens (including phenoxy) is 1. The van der Waals surface area contributed by atoms with Gasteiger partial charge < -0.3 is 4.74 Å². The van der Waals surface area contributed by atoms with E-state index in [-0.39, 0.29) is 5.78 Å². The molecule has 0 spiro atoms. The van der Waals surface area contributed by atoms with Crippen molar-refractivity contribution in [2.75, 3.05) is 0 Å². The first kappa shape index (κ1) is 12.8. The highest BCUT2D eigenvalue weighted by Gasteiger charge is 2.23. The van der Waals surface area contributed by atoms with Gasteiger partial charge in [-0.05, 0) is 45.7 Å². The average Bonchev–Trinajstić information content (AvgIpc) is 2.09. The van der Waals surface area contributed by atoms with Crippen molar-refractivity contribution in [3.05, 3.63) is 29.3 Å². The van der Waals surface area contributed by atoms with E-state index < -0.39 is 5.60 Å². The second-order valence-corrected chi connectivity index (χ2v) is 4.96. The Hall–Kier alpha value is -1.31. The number of benzene rings is 1. The summed E-state index contributed by atoms with van der Waals surface area (Å²) >= 11 is 0. The van der Waals surface area contributed by atoms with Crippen LogP contribution in [0.3, 0.4) is 0 Å². The Morgan fingerprint density at radius 2 is 1.75 bits per heavy atom. The molecule has 2 nitrogen and oxygen atoms in total. The van der Waals surface area contributed by atoms with Gasteiger partial charge in [0.2, 0.25) is 0 Å². The molecule has 0 unspecified atom stereocenters. The molecule has 1 aromatic carbocycles. The molecule has 1 aromatic rings. The van der Waals surface area contributed by atoms with Gasteiger partial charge in [-0.3, -0.25) is 4.79 Å². The molecule has 0 saturated carbocycles. The molecule has 0 saturated heterocycles. The van der Waals surface area contributed by atoms with Crippen LogP contribution in [-0.2, 0) is 4.79 Å². The van der Waals surface area contributed by atoms with Crippen LogP contribution >= 0.6 is 0 Å². The van der Waals surface area contributed by atoms with Gasteiger partial charge in [0, 0.05) is 6.42 Å². The van der Waals surface area contributed by atoms with Crippen LogP contribution in [0.4, 0.5) is 0 Å². The number of carbonyl (C=O) groups excluding carboxylic acids is 1. The van der Waals surface area contributed by atoms with E-state index in [1.807, 2.05) is 45.9 Å². The maximum absolute atomic E-state index is 11.1. The first-order valence-corrected chi connectivity index (χ1v) is 5.56. The van der Waals surface area contributed by atoms with Gasteiger partial charge in [-0.2, -0.15) is 0 Å². The Balaban J connectivity index is 2.91. The molecule has 0 aliphatic carbocycles. The number of hydrogen-bond acceptors (Lipinski definition) is 2. The molecule has 0 bridgehead atoms. The third-order valence-corrected chi connectivity index (χ3v) is 2.46. The summed E-state index contributed by atoms with van der Waals surface area (Å²) in [6.07, 6.45) is 0.431. The molecule has 0 atom stereocenters. The Morgan fingerprint density at radius 3 is 2.19 bits per heavy atom. The van der Waals surface area contributed by atoms with Crippen molar-refractivity contribution >= 4 is 5.78 Å². The van der Waals surface area contributed by atoms with Crippen LogP contribution in [0, 0.1) is 13.8 Å². The van der Waals surface area contributed by atoms with Crippen molar-refractivity contribution in [3.63, 3.8) is 0 Å². The molecule has 16 heavy (non-hydrogen) atoms. The normalized spacial score (nSPS) is 11.3. The van der Waals surface area contributed by atoms with E-state index in [0.717, 1.165) is 16.9 Å². The number of hydrogen-bond donors (Lipinski definition) is 0. The third-order valence-electron chi connectivity index (χ3n) is 2.46. The average molecular weight is 220 g/mol. The highest BCUT2D eigenvalue weighted by Crippen LogP contribution is 2.28. The maximum atomic E-state index is 11.1. The summed E-state index contributed by atoms with van der Waals surface area (Å²) in [7, 11) is 0. The molecule has 0 heterocycles. The van der Waals surface area contributed by atoms with Crippen LogP contribution in [0.15, 0.2) is 18.2 Å². The predicted octanol–water partition coefficient (Wildman–Crippen LogP) is 3.44. The molecule has 0 fully saturated rings. The molecule has 0 amide bonds. The summed E-state index contributed by atoms with van der Waals surface area (Å²) in [4.78, 5) is 11.1. The van der Waals surface area contributed by atoms with E-state index in [2.05, 4.69) is 0 Å². The zero-order valence-electron chi connectivity index (χ0n) is 10.8. The second kappa shape index (κ2) is 4.69. The molecule has 0 radical (unpaired) electrons. The standard InChI is InChI=1S/C14H20O2/c1-10-7-6-8-11(2)13(10)16-14(4,5)9-12(3)15/h6-8H,9H2,1-5H3. The molecule has 0 aliphatic heterocycles. The second-order valence-electron chi connectivity index (χ2n) is 4.96. The van der Waals surface area contributed by atoms with Crippen molar-refractivity contribution < 1.29 is 9.53 Å². The number of aryl methyl sites for hydroxylation is 2. The van der Waals surface area contributed by atoms with Crippen molar-refractivity contribution in [1.29, 1.82) is 0 Å². The highest BCUT2D eigenvalue weighted by atomic mass is 16.5. The molecule has 0 aromatic heterocycles. The first-order valence-electron chi connectivity index (χ1n) is 5.56. The van der Waals surface area contributed by atoms with Gasteiger partial charge in [0.25, 0.3) is 0 Å². The highest BCUT2D eigenvalue weighted by molar-refractivity contribution is 5.76. The predicted molar refractivity (Wildman–Crippen MR) is 65.9 cm³/mol. The lowest BCUT2D eigenvalue weighted by atomic mass is 10.0. The van der Waals surface area contributed by atoms with Crippen molar-refractivity contribution in [2.45, 2.75) is 46.6 Å². The van der Waals surface area contributed by atoms with Crippen LogP contribution in [0.25, 0.3) is 0 Å². The SMILES string of the molecule is CC(=O)CC(C)(C)Oc1c(C)cccc1C. The molecule has 2 heteroatoms. The summed E-state index contributed by atoms with van der Waals surface area (Å²) in [5, 5.41) is 0. The molecular weight excluding hydrogens is 200 g/mol. The van der Waals surface area contributed by atoms with E-state index in [4.69, 9.17) is 4.74 Å². The van der Waals surface area contributed by atoms with E-state index in [9.17, 15) is 4.79 Å². The summed E-state index contributed by atoms with van der Waals surface area (Å²) in [5.41, 5.74) is 1.77. The van der Waals surface area contributed by atoms with Gasteiger partial charge in [-0.25, -0.2) is 0 Å². The fourth-order valence-electron chi connectivity index (χ4n) is 1.87. The summed E-state index contributed by atoms with van der Waals surface area (Å²) in [5.74, 6) is 1.05. The number of para-hydroxylation sites is 1. The van der Waals surface area contributed by atoms with Crippen molar-refractivity contribution in [2.24, 2.45) is 0 Å². The van der Waals surface area contributed by atoms with Gasteiger partial charge >= 0.3 is 0 Å². The van der Waals surface area contributed by atoms with E-state index in [0.29, 0.717) is 6.42 Å². The Bertz CT molecular complexity index is 371. The Morgan fingerprint density at radius 1 is 1.25 bits per heavy atom. The Labute approximate surface area is 97.6 Å². The minimum absolute atomic E-state index is 0.149. The summed E-state index contributed by atoms with van der Waals surface area (Å²) in [6, 6.07) is 6.05. The number of rotatable bonds is 4. The monoisotopic (exact) mass is 220 g/mol. The smallest absolute Gasteiger partial charge is 0.133 e. The fourth-order valence-corrected chi connectivity index (χ4v) is 1.87. The maximum Gasteiger partial charge on any atom is 0.133 e. The zero-order chi connectivity index (χ0) is 12.3. The zero-order valence-corrected chi connectivity index (χ0v) is 10.8.